The number of carbonyl (C=O) groups excluding carboxylic acids is 1. The van der Waals surface area contributed by atoms with Gasteiger partial charge in [-0.05, 0) is 54.0 Å². The van der Waals surface area contributed by atoms with Crippen LogP contribution in [0.3, 0.4) is 0 Å². The molecule has 1 aromatic heterocycles. The SMILES string of the molecule is CCCNC(C)(CC(C)n1nc(C)nc1C)C(=O)OCC. The fourth-order valence-corrected chi connectivity index (χ4v) is 2.55. The normalized spacial score (nSPS) is 15.5. The van der Waals surface area contributed by atoms with Crippen LogP contribution >= 0.6 is 0 Å². The van der Waals surface area contributed by atoms with E-state index in [4.69, 9.17) is 4.74 Å². The molecule has 2 unspecified atom stereocenters. The van der Waals surface area contributed by atoms with Crippen LogP contribution in [-0.4, -0.2) is 39.4 Å². The van der Waals surface area contributed by atoms with Gasteiger partial charge in [0.2, 0.25) is 0 Å². The van der Waals surface area contributed by atoms with Gasteiger partial charge in [0.05, 0.1) is 12.6 Å². The summed E-state index contributed by atoms with van der Waals surface area (Å²) in [6, 6.07) is 0.0602. The van der Waals surface area contributed by atoms with Gasteiger partial charge in [-0.15, -0.1) is 0 Å². The highest BCUT2D eigenvalue weighted by Crippen LogP contribution is 2.23. The van der Waals surface area contributed by atoms with E-state index in [9.17, 15) is 4.79 Å². The average molecular weight is 296 g/mol. The van der Waals surface area contributed by atoms with E-state index >= 15 is 0 Å². The summed E-state index contributed by atoms with van der Waals surface area (Å²) < 4.78 is 7.10. The van der Waals surface area contributed by atoms with Crippen LogP contribution in [0.15, 0.2) is 0 Å². The molecule has 1 aromatic rings. The molecule has 0 aliphatic carbocycles. The van der Waals surface area contributed by atoms with Gasteiger partial charge >= 0.3 is 5.97 Å². The van der Waals surface area contributed by atoms with Gasteiger partial charge in [0.15, 0.2) is 0 Å². The Morgan fingerprint density at radius 2 is 2.10 bits per heavy atom. The standard InChI is InChI=1S/C15H28N4O2/c1-7-9-16-15(6,14(20)21-8-2)10-11(3)19-13(5)17-12(4)18-19/h11,16H,7-10H2,1-6H3. The molecule has 0 fully saturated rings. The molecule has 120 valence electrons. The second kappa shape index (κ2) is 7.54. The summed E-state index contributed by atoms with van der Waals surface area (Å²) in [7, 11) is 0. The first kappa shape index (κ1) is 17.6. The molecule has 2 atom stereocenters. The van der Waals surface area contributed by atoms with E-state index in [1.807, 2.05) is 39.3 Å². The van der Waals surface area contributed by atoms with Crippen LogP contribution in [0.25, 0.3) is 0 Å². The Balaban J connectivity index is 2.89. The van der Waals surface area contributed by atoms with E-state index in [-0.39, 0.29) is 12.0 Å². The zero-order valence-electron chi connectivity index (χ0n) is 14.1. The van der Waals surface area contributed by atoms with Gasteiger partial charge in [0, 0.05) is 0 Å². The number of ether oxygens (including phenoxy) is 1. The summed E-state index contributed by atoms with van der Waals surface area (Å²) >= 11 is 0. The number of hydrogen-bond acceptors (Lipinski definition) is 5. The van der Waals surface area contributed by atoms with Crippen molar-refractivity contribution in [1.82, 2.24) is 20.1 Å². The molecule has 6 nitrogen and oxygen atoms in total. The largest absolute Gasteiger partial charge is 0.465 e. The highest BCUT2D eigenvalue weighted by atomic mass is 16.5. The zero-order valence-corrected chi connectivity index (χ0v) is 14.1. The van der Waals surface area contributed by atoms with Gasteiger partial charge in [-0.25, -0.2) is 9.67 Å². The summed E-state index contributed by atoms with van der Waals surface area (Å²) in [5, 5.41) is 7.73. The lowest BCUT2D eigenvalue weighted by atomic mass is 9.93. The molecule has 0 radical (unpaired) electrons. The monoisotopic (exact) mass is 296 g/mol. The second-order valence-corrected chi connectivity index (χ2v) is 5.68. The van der Waals surface area contributed by atoms with Crippen molar-refractivity contribution >= 4 is 5.97 Å². The van der Waals surface area contributed by atoms with E-state index in [1.165, 1.54) is 0 Å². The zero-order chi connectivity index (χ0) is 16.0. The molecule has 1 N–H and O–H groups in total. The van der Waals surface area contributed by atoms with Crippen molar-refractivity contribution in [3.63, 3.8) is 0 Å². The molecule has 0 saturated carbocycles. The van der Waals surface area contributed by atoms with Crippen molar-refractivity contribution < 1.29 is 9.53 Å². The van der Waals surface area contributed by atoms with Gasteiger partial charge < -0.3 is 10.1 Å². The number of carbonyl (C=O) groups is 1. The van der Waals surface area contributed by atoms with Crippen LogP contribution in [0.2, 0.25) is 0 Å². The van der Waals surface area contributed by atoms with Gasteiger partial charge in [-0.2, -0.15) is 5.10 Å². The number of aryl methyl sites for hydroxylation is 2. The molecular formula is C15H28N4O2. The average Bonchev–Trinajstić information content (AvgIpc) is 2.75. The predicted octanol–water partition coefficient (Wildman–Crippen LogP) is 2.17. The van der Waals surface area contributed by atoms with Crippen molar-refractivity contribution in [2.24, 2.45) is 0 Å². The van der Waals surface area contributed by atoms with Crippen molar-refractivity contribution in [2.45, 2.75) is 66.0 Å². The lowest BCUT2D eigenvalue weighted by Gasteiger charge is -2.31. The van der Waals surface area contributed by atoms with Crippen molar-refractivity contribution in [1.29, 1.82) is 0 Å². The Labute approximate surface area is 127 Å². The quantitative estimate of drug-likeness (QED) is 0.745. The molecule has 1 rings (SSSR count). The Bertz CT molecular complexity index is 472. The summed E-state index contributed by atoms with van der Waals surface area (Å²) in [5.74, 6) is 1.40. The van der Waals surface area contributed by atoms with Crippen molar-refractivity contribution in [2.75, 3.05) is 13.2 Å². The highest BCUT2D eigenvalue weighted by molar-refractivity contribution is 5.80. The van der Waals surface area contributed by atoms with Gasteiger partial charge in [0.1, 0.15) is 17.2 Å². The van der Waals surface area contributed by atoms with Gasteiger partial charge in [-0.3, -0.25) is 4.79 Å². The number of rotatable bonds is 8. The van der Waals surface area contributed by atoms with Crippen LogP contribution in [0.5, 0.6) is 0 Å². The maximum absolute atomic E-state index is 12.3. The number of esters is 1. The molecule has 1 heterocycles. The smallest absolute Gasteiger partial charge is 0.326 e. The highest BCUT2D eigenvalue weighted by Gasteiger charge is 2.36. The number of nitrogens with one attached hydrogen (secondary N) is 1. The van der Waals surface area contributed by atoms with Gasteiger partial charge in [0.25, 0.3) is 0 Å². The van der Waals surface area contributed by atoms with Crippen molar-refractivity contribution in [3.8, 4) is 0 Å². The molecule has 0 saturated heterocycles. The first-order valence-corrected chi connectivity index (χ1v) is 7.66. The molecule has 0 amide bonds. The Morgan fingerprint density at radius 1 is 1.43 bits per heavy atom. The molecule has 6 heteroatoms. The molecule has 0 aromatic carbocycles. The molecule has 0 aliphatic rings. The first-order chi connectivity index (χ1) is 9.84. The second-order valence-electron chi connectivity index (χ2n) is 5.68. The Hall–Kier alpha value is -1.43. The van der Waals surface area contributed by atoms with E-state index in [0.717, 1.165) is 24.6 Å². The van der Waals surface area contributed by atoms with E-state index in [0.29, 0.717) is 13.0 Å². The van der Waals surface area contributed by atoms with Gasteiger partial charge in [-0.1, -0.05) is 6.92 Å². The Morgan fingerprint density at radius 3 is 2.57 bits per heavy atom. The molecule has 0 aliphatic heterocycles. The lowest BCUT2D eigenvalue weighted by molar-refractivity contribution is -0.151. The third-order valence-corrected chi connectivity index (χ3v) is 3.52. The molecule has 0 bridgehead atoms. The van der Waals surface area contributed by atoms with Crippen LogP contribution in [0, 0.1) is 13.8 Å². The summed E-state index contributed by atoms with van der Waals surface area (Å²) in [4.78, 5) is 16.6. The number of aromatic nitrogens is 3. The fraction of sp³-hybridized carbons (Fsp3) is 0.800. The summed E-state index contributed by atoms with van der Waals surface area (Å²) in [5.41, 5.74) is -0.711. The van der Waals surface area contributed by atoms with Crippen LogP contribution in [0.4, 0.5) is 0 Å². The Kier molecular flexibility index (Phi) is 6.33. The van der Waals surface area contributed by atoms with Crippen LogP contribution in [-0.2, 0) is 9.53 Å². The number of nitrogens with zero attached hydrogens (tertiary/aromatic N) is 3. The minimum absolute atomic E-state index is 0.0602. The van der Waals surface area contributed by atoms with E-state index in [1.54, 1.807) is 0 Å². The summed E-state index contributed by atoms with van der Waals surface area (Å²) in [6.45, 7) is 12.8. The molecule has 0 spiro atoms. The lowest BCUT2D eigenvalue weighted by Crippen LogP contribution is -2.52. The predicted molar refractivity (Wildman–Crippen MR) is 82.2 cm³/mol. The molecule has 21 heavy (non-hydrogen) atoms. The minimum Gasteiger partial charge on any atom is -0.465 e. The third kappa shape index (κ3) is 4.52. The maximum atomic E-state index is 12.3. The minimum atomic E-state index is -0.711. The van der Waals surface area contributed by atoms with Crippen molar-refractivity contribution in [3.05, 3.63) is 11.6 Å². The van der Waals surface area contributed by atoms with E-state index < -0.39 is 5.54 Å². The van der Waals surface area contributed by atoms with Crippen LogP contribution in [0.1, 0.15) is 58.2 Å². The number of hydrogen-bond donors (Lipinski definition) is 1. The third-order valence-electron chi connectivity index (χ3n) is 3.52. The maximum Gasteiger partial charge on any atom is 0.326 e. The summed E-state index contributed by atoms with van der Waals surface area (Å²) in [6.07, 6.45) is 1.57. The first-order valence-electron chi connectivity index (χ1n) is 7.66. The topological polar surface area (TPSA) is 69.0 Å². The van der Waals surface area contributed by atoms with Crippen LogP contribution < -0.4 is 5.32 Å². The van der Waals surface area contributed by atoms with E-state index in [2.05, 4.69) is 22.3 Å². The molecular weight excluding hydrogens is 268 g/mol. The fourth-order valence-electron chi connectivity index (χ4n) is 2.55.